The third-order valence-corrected chi connectivity index (χ3v) is 2.10. The maximum absolute atomic E-state index is 11.0. The monoisotopic (exact) mass is 165 g/mol. The van der Waals surface area contributed by atoms with Crippen LogP contribution >= 0.6 is 0 Å². The fourth-order valence-corrected chi connectivity index (χ4v) is 1.48. The molecule has 0 saturated heterocycles. The summed E-state index contributed by atoms with van der Waals surface area (Å²) in [6.07, 6.45) is 6.73. The summed E-state index contributed by atoms with van der Waals surface area (Å²) in [6.45, 7) is 4.23. The fraction of sp³-hybridized carbons (Fsp3) is 0.600. The highest BCUT2D eigenvalue weighted by molar-refractivity contribution is 5.91. The molecular formula is C10H15NO. The van der Waals surface area contributed by atoms with Crippen LogP contribution in [0.5, 0.6) is 0 Å². The van der Waals surface area contributed by atoms with Crippen LogP contribution < -0.4 is 0 Å². The summed E-state index contributed by atoms with van der Waals surface area (Å²) in [5, 5.41) is 0. The minimum atomic E-state index is 0.294. The summed E-state index contributed by atoms with van der Waals surface area (Å²) in [6, 6.07) is 0. The van der Waals surface area contributed by atoms with Crippen LogP contribution in [0.4, 0.5) is 0 Å². The molecule has 1 rings (SSSR count). The molecule has 2 heteroatoms. The predicted molar refractivity (Wildman–Crippen MR) is 50.6 cm³/mol. The largest absolute Gasteiger partial charge is 0.301 e. The number of carbonyl (C=O) groups is 1. The van der Waals surface area contributed by atoms with Crippen LogP contribution in [0.1, 0.15) is 32.1 Å². The van der Waals surface area contributed by atoms with E-state index in [0.29, 0.717) is 5.78 Å². The molecule has 1 aliphatic rings. The summed E-state index contributed by atoms with van der Waals surface area (Å²) in [5.41, 5.74) is 1.30. The number of rotatable bonds is 4. The van der Waals surface area contributed by atoms with E-state index in [9.17, 15) is 4.79 Å². The predicted octanol–water partition coefficient (Wildman–Crippen LogP) is 2.15. The van der Waals surface area contributed by atoms with Gasteiger partial charge in [-0.25, -0.2) is 0 Å². The van der Waals surface area contributed by atoms with Crippen LogP contribution in [0.2, 0.25) is 0 Å². The van der Waals surface area contributed by atoms with E-state index in [2.05, 4.69) is 11.7 Å². The average Bonchev–Trinajstić information content (AvgIpc) is 2.05. The zero-order chi connectivity index (χ0) is 8.81. The second-order valence-electron chi connectivity index (χ2n) is 3.17. The Hall–Kier alpha value is -0.920. The Morgan fingerprint density at radius 3 is 3.00 bits per heavy atom. The van der Waals surface area contributed by atoms with E-state index in [-0.39, 0.29) is 0 Å². The number of carbonyl (C=O) groups excluding carboxylic acids is 1. The van der Waals surface area contributed by atoms with Gasteiger partial charge >= 0.3 is 0 Å². The van der Waals surface area contributed by atoms with E-state index in [1.165, 1.54) is 5.57 Å². The van der Waals surface area contributed by atoms with E-state index in [4.69, 9.17) is 0 Å². The molecular weight excluding hydrogens is 150 g/mol. The van der Waals surface area contributed by atoms with Gasteiger partial charge in [-0.15, -0.1) is 0 Å². The number of nitrogens with zero attached hydrogens (tertiary/aromatic N) is 1. The van der Waals surface area contributed by atoms with Crippen molar-refractivity contribution in [2.45, 2.75) is 32.1 Å². The van der Waals surface area contributed by atoms with Crippen molar-refractivity contribution in [2.24, 2.45) is 4.99 Å². The molecule has 0 bridgehead atoms. The fourth-order valence-electron chi connectivity index (χ4n) is 1.48. The Balaban J connectivity index is 2.30. The Labute approximate surface area is 73.4 Å². The molecule has 0 spiro atoms. The molecule has 2 nitrogen and oxygen atoms in total. The normalized spacial score (nSPS) is 17.3. The van der Waals surface area contributed by atoms with E-state index in [0.717, 1.165) is 38.6 Å². The zero-order valence-electron chi connectivity index (χ0n) is 7.38. The number of allylic oxidation sites excluding steroid dienone is 2. The van der Waals surface area contributed by atoms with Gasteiger partial charge in [0.2, 0.25) is 0 Å². The molecule has 0 heterocycles. The first-order chi connectivity index (χ1) is 5.83. The maximum Gasteiger partial charge on any atom is 0.155 e. The van der Waals surface area contributed by atoms with Crippen LogP contribution in [0.25, 0.3) is 0 Å². The zero-order valence-corrected chi connectivity index (χ0v) is 7.38. The van der Waals surface area contributed by atoms with Gasteiger partial charge in [0.15, 0.2) is 5.78 Å². The van der Waals surface area contributed by atoms with Gasteiger partial charge in [0, 0.05) is 13.0 Å². The lowest BCUT2D eigenvalue weighted by Gasteiger charge is -2.10. The summed E-state index contributed by atoms with van der Waals surface area (Å²) in [7, 11) is 0. The van der Waals surface area contributed by atoms with Crippen molar-refractivity contribution in [1.82, 2.24) is 0 Å². The minimum Gasteiger partial charge on any atom is -0.301 e. The van der Waals surface area contributed by atoms with Crippen molar-refractivity contribution < 1.29 is 4.79 Å². The van der Waals surface area contributed by atoms with Crippen molar-refractivity contribution in [3.63, 3.8) is 0 Å². The lowest BCUT2D eigenvalue weighted by Crippen LogP contribution is -2.02. The highest BCUT2D eigenvalue weighted by Crippen LogP contribution is 2.19. The van der Waals surface area contributed by atoms with E-state index >= 15 is 0 Å². The molecule has 0 aromatic carbocycles. The van der Waals surface area contributed by atoms with Crippen molar-refractivity contribution >= 4 is 12.5 Å². The van der Waals surface area contributed by atoms with Gasteiger partial charge in [0.1, 0.15) is 0 Å². The van der Waals surface area contributed by atoms with E-state index in [1.807, 2.05) is 6.08 Å². The Morgan fingerprint density at radius 1 is 1.50 bits per heavy atom. The Bertz CT molecular complexity index is 206. The molecule has 0 amide bonds. The molecule has 0 radical (unpaired) electrons. The van der Waals surface area contributed by atoms with Gasteiger partial charge in [-0.05, 0) is 38.5 Å². The van der Waals surface area contributed by atoms with Gasteiger partial charge in [-0.2, -0.15) is 0 Å². The minimum absolute atomic E-state index is 0.294. The number of hydrogen-bond acceptors (Lipinski definition) is 2. The van der Waals surface area contributed by atoms with E-state index in [1.54, 1.807) is 0 Å². The van der Waals surface area contributed by atoms with E-state index < -0.39 is 0 Å². The first kappa shape index (κ1) is 9.17. The lowest BCUT2D eigenvalue weighted by molar-refractivity contribution is -0.115. The Kier molecular flexibility index (Phi) is 3.71. The van der Waals surface area contributed by atoms with Gasteiger partial charge in [0.25, 0.3) is 0 Å². The van der Waals surface area contributed by atoms with Gasteiger partial charge in [-0.1, -0.05) is 5.57 Å². The molecule has 1 aliphatic carbocycles. The van der Waals surface area contributed by atoms with Crippen molar-refractivity contribution in [3.05, 3.63) is 11.6 Å². The smallest absolute Gasteiger partial charge is 0.155 e. The molecule has 12 heavy (non-hydrogen) atoms. The molecule has 0 fully saturated rings. The van der Waals surface area contributed by atoms with Crippen LogP contribution in [0, 0.1) is 0 Å². The average molecular weight is 165 g/mol. The van der Waals surface area contributed by atoms with Gasteiger partial charge < -0.3 is 4.99 Å². The van der Waals surface area contributed by atoms with Crippen molar-refractivity contribution in [1.29, 1.82) is 0 Å². The molecule has 0 saturated carbocycles. The molecule has 0 aliphatic heterocycles. The second kappa shape index (κ2) is 4.86. The summed E-state index contributed by atoms with van der Waals surface area (Å²) >= 11 is 0. The second-order valence-corrected chi connectivity index (χ2v) is 3.17. The standard InChI is InChI=1S/C10H15NO/c1-11-7-3-5-9-4-2-6-10(12)8-9/h8H,1-7H2. The quantitative estimate of drug-likeness (QED) is 0.463. The summed E-state index contributed by atoms with van der Waals surface area (Å²) < 4.78 is 0. The van der Waals surface area contributed by atoms with Crippen LogP contribution in [0.15, 0.2) is 16.6 Å². The first-order valence-corrected chi connectivity index (χ1v) is 4.47. The number of aliphatic imine (C=N–C) groups is 1. The molecule has 0 unspecified atom stereocenters. The summed E-state index contributed by atoms with van der Waals surface area (Å²) in [4.78, 5) is 14.8. The van der Waals surface area contributed by atoms with Crippen molar-refractivity contribution in [2.75, 3.05) is 6.54 Å². The molecule has 0 atom stereocenters. The maximum atomic E-state index is 11.0. The molecule has 0 N–H and O–H groups in total. The van der Waals surface area contributed by atoms with Gasteiger partial charge in [-0.3, -0.25) is 4.79 Å². The van der Waals surface area contributed by atoms with Crippen LogP contribution in [-0.4, -0.2) is 19.0 Å². The number of ketones is 1. The third kappa shape index (κ3) is 2.99. The topological polar surface area (TPSA) is 29.4 Å². The number of hydrogen-bond donors (Lipinski definition) is 0. The highest BCUT2D eigenvalue weighted by atomic mass is 16.1. The lowest BCUT2D eigenvalue weighted by atomic mass is 9.95. The Morgan fingerprint density at radius 2 is 2.33 bits per heavy atom. The van der Waals surface area contributed by atoms with Crippen LogP contribution in [0.3, 0.4) is 0 Å². The molecule has 0 aromatic rings. The first-order valence-electron chi connectivity index (χ1n) is 4.47. The van der Waals surface area contributed by atoms with Crippen LogP contribution in [-0.2, 0) is 4.79 Å². The highest BCUT2D eigenvalue weighted by Gasteiger charge is 2.08. The third-order valence-electron chi connectivity index (χ3n) is 2.10. The SMILES string of the molecule is C=NCCCC1=CC(=O)CCC1. The van der Waals surface area contributed by atoms with Gasteiger partial charge in [0.05, 0.1) is 0 Å². The molecule has 66 valence electrons. The summed E-state index contributed by atoms with van der Waals surface area (Å²) in [5.74, 6) is 0.294. The molecule has 0 aromatic heterocycles. The van der Waals surface area contributed by atoms with Crippen molar-refractivity contribution in [3.8, 4) is 0 Å².